The van der Waals surface area contributed by atoms with Crippen LogP contribution in [0.1, 0.15) is 28.9 Å². The van der Waals surface area contributed by atoms with Crippen molar-refractivity contribution in [3.8, 4) is 0 Å². The molecule has 0 saturated heterocycles. The van der Waals surface area contributed by atoms with Crippen molar-refractivity contribution in [2.75, 3.05) is 5.73 Å². The minimum absolute atomic E-state index is 0.0832. The summed E-state index contributed by atoms with van der Waals surface area (Å²) in [6.45, 7) is 0. The summed E-state index contributed by atoms with van der Waals surface area (Å²) < 4.78 is 0.948. The maximum Gasteiger partial charge on any atom is 0.263 e. The first kappa shape index (κ1) is 13.5. The van der Waals surface area contributed by atoms with Gasteiger partial charge in [-0.2, -0.15) is 0 Å². The molecule has 1 amide bonds. The molecule has 1 aliphatic carbocycles. The van der Waals surface area contributed by atoms with E-state index in [0.29, 0.717) is 15.6 Å². The van der Waals surface area contributed by atoms with Crippen molar-refractivity contribution in [3.63, 3.8) is 0 Å². The van der Waals surface area contributed by atoms with Crippen LogP contribution in [0.5, 0.6) is 0 Å². The monoisotopic (exact) mass is 306 g/mol. The zero-order valence-corrected chi connectivity index (χ0v) is 12.4. The smallest absolute Gasteiger partial charge is 0.263 e. The Morgan fingerprint density at radius 3 is 3.00 bits per heavy atom. The first-order valence-electron chi connectivity index (χ1n) is 6.58. The molecule has 0 spiro atoms. The summed E-state index contributed by atoms with van der Waals surface area (Å²) in [6.07, 6.45) is 7.16. The Kier molecular flexibility index (Phi) is 3.68. The predicted octanol–water partition coefficient (Wildman–Crippen LogP) is 3.98. The van der Waals surface area contributed by atoms with Crippen LogP contribution < -0.4 is 11.1 Å². The fourth-order valence-corrected chi connectivity index (χ4v) is 3.74. The van der Waals surface area contributed by atoms with Crippen LogP contribution in [-0.2, 0) is 0 Å². The molecular weight excluding hydrogens is 292 g/mol. The van der Waals surface area contributed by atoms with Gasteiger partial charge in [-0.25, -0.2) is 0 Å². The standard InChI is InChI=1S/C15H15ClN2OS/c16-9-6-7-11-12(8-9)20-14(13(11)17)15(19)18-10-4-2-1-3-5-10/h1-2,6-8,10H,3-5,17H2,(H,18,19). The van der Waals surface area contributed by atoms with Crippen molar-refractivity contribution in [2.45, 2.75) is 25.3 Å². The van der Waals surface area contributed by atoms with E-state index in [1.165, 1.54) is 11.3 Å². The molecule has 1 aliphatic rings. The average molecular weight is 307 g/mol. The number of nitrogens with two attached hydrogens (primary N) is 1. The lowest BCUT2D eigenvalue weighted by atomic mass is 10.0. The number of allylic oxidation sites excluding steroid dienone is 1. The number of nitrogen functional groups attached to an aromatic ring is 1. The van der Waals surface area contributed by atoms with Gasteiger partial charge in [-0.3, -0.25) is 4.79 Å². The molecule has 3 N–H and O–H groups in total. The summed E-state index contributed by atoms with van der Waals surface area (Å²) in [6, 6.07) is 5.71. The second kappa shape index (κ2) is 5.46. The van der Waals surface area contributed by atoms with Gasteiger partial charge in [0.25, 0.3) is 5.91 Å². The van der Waals surface area contributed by atoms with Crippen molar-refractivity contribution in [2.24, 2.45) is 0 Å². The number of carbonyl (C=O) groups is 1. The number of thiophene rings is 1. The first-order chi connectivity index (χ1) is 9.65. The first-order valence-corrected chi connectivity index (χ1v) is 7.78. The highest BCUT2D eigenvalue weighted by Gasteiger charge is 2.19. The highest BCUT2D eigenvalue weighted by Crippen LogP contribution is 2.35. The van der Waals surface area contributed by atoms with Gasteiger partial charge in [0.05, 0.1) is 5.69 Å². The molecule has 0 radical (unpaired) electrons. The Balaban J connectivity index is 1.87. The number of anilines is 1. The van der Waals surface area contributed by atoms with Crippen LogP contribution >= 0.6 is 22.9 Å². The summed E-state index contributed by atoms with van der Waals surface area (Å²) in [5.74, 6) is -0.0832. The Morgan fingerprint density at radius 1 is 1.40 bits per heavy atom. The van der Waals surface area contributed by atoms with Crippen LogP contribution in [0.25, 0.3) is 10.1 Å². The lowest BCUT2D eigenvalue weighted by Crippen LogP contribution is -2.35. The van der Waals surface area contributed by atoms with Gasteiger partial charge >= 0.3 is 0 Å². The van der Waals surface area contributed by atoms with Gasteiger partial charge in [-0.1, -0.05) is 23.8 Å². The highest BCUT2D eigenvalue weighted by atomic mass is 35.5. The SMILES string of the molecule is Nc1c(C(=O)NC2CC=CCC2)sc2cc(Cl)ccc12. The van der Waals surface area contributed by atoms with Gasteiger partial charge in [0.1, 0.15) is 4.88 Å². The van der Waals surface area contributed by atoms with Gasteiger partial charge in [0, 0.05) is 21.2 Å². The molecule has 1 heterocycles. The zero-order valence-electron chi connectivity index (χ0n) is 10.9. The molecule has 1 atom stereocenters. The fourth-order valence-electron chi connectivity index (χ4n) is 2.43. The molecule has 20 heavy (non-hydrogen) atoms. The number of nitrogens with one attached hydrogen (secondary N) is 1. The van der Waals surface area contributed by atoms with Crippen LogP contribution in [0.4, 0.5) is 5.69 Å². The fraction of sp³-hybridized carbons (Fsp3) is 0.267. The summed E-state index contributed by atoms with van der Waals surface area (Å²) >= 11 is 7.37. The number of hydrogen-bond donors (Lipinski definition) is 2. The molecule has 0 aliphatic heterocycles. The van der Waals surface area contributed by atoms with E-state index >= 15 is 0 Å². The molecule has 5 heteroatoms. The van der Waals surface area contributed by atoms with Gasteiger partial charge in [0.2, 0.25) is 0 Å². The summed E-state index contributed by atoms with van der Waals surface area (Å²) in [7, 11) is 0. The van der Waals surface area contributed by atoms with E-state index < -0.39 is 0 Å². The molecule has 1 aromatic carbocycles. The maximum atomic E-state index is 12.4. The van der Waals surface area contributed by atoms with Gasteiger partial charge in [0.15, 0.2) is 0 Å². The molecule has 2 aromatic rings. The Morgan fingerprint density at radius 2 is 2.25 bits per heavy atom. The third-order valence-corrected chi connectivity index (χ3v) is 4.90. The van der Waals surface area contributed by atoms with Crippen LogP contribution in [0.15, 0.2) is 30.4 Å². The minimum atomic E-state index is -0.0832. The second-order valence-corrected chi connectivity index (χ2v) is 6.43. The number of benzene rings is 1. The van der Waals surface area contributed by atoms with E-state index in [4.69, 9.17) is 17.3 Å². The van der Waals surface area contributed by atoms with Crippen LogP contribution in [-0.4, -0.2) is 11.9 Å². The minimum Gasteiger partial charge on any atom is -0.397 e. The van der Waals surface area contributed by atoms with Gasteiger partial charge < -0.3 is 11.1 Å². The molecule has 1 unspecified atom stereocenters. The van der Waals surface area contributed by atoms with Crippen molar-refractivity contribution in [3.05, 3.63) is 40.3 Å². The van der Waals surface area contributed by atoms with Gasteiger partial charge in [-0.05, 0) is 37.5 Å². The Labute approximate surface area is 126 Å². The lowest BCUT2D eigenvalue weighted by molar-refractivity contribution is 0.0939. The van der Waals surface area contributed by atoms with Crippen molar-refractivity contribution < 1.29 is 4.79 Å². The molecule has 0 saturated carbocycles. The molecule has 1 aromatic heterocycles. The largest absolute Gasteiger partial charge is 0.397 e. The van der Waals surface area contributed by atoms with Crippen LogP contribution in [0.2, 0.25) is 5.02 Å². The third-order valence-electron chi connectivity index (χ3n) is 3.50. The van der Waals surface area contributed by atoms with E-state index in [1.807, 2.05) is 12.1 Å². The molecular formula is C15H15ClN2OS. The van der Waals surface area contributed by atoms with Crippen molar-refractivity contribution in [1.29, 1.82) is 0 Å². The average Bonchev–Trinajstić information content (AvgIpc) is 2.76. The van der Waals surface area contributed by atoms with Gasteiger partial charge in [-0.15, -0.1) is 11.3 Å². The van der Waals surface area contributed by atoms with E-state index in [-0.39, 0.29) is 11.9 Å². The number of carbonyl (C=O) groups excluding carboxylic acids is 1. The van der Waals surface area contributed by atoms with E-state index in [9.17, 15) is 4.79 Å². The highest BCUT2D eigenvalue weighted by molar-refractivity contribution is 7.21. The maximum absolute atomic E-state index is 12.4. The molecule has 3 nitrogen and oxygen atoms in total. The van der Waals surface area contributed by atoms with E-state index in [2.05, 4.69) is 17.5 Å². The lowest BCUT2D eigenvalue weighted by Gasteiger charge is -2.18. The van der Waals surface area contributed by atoms with Crippen LogP contribution in [0, 0.1) is 0 Å². The van der Waals surface area contributed by atoms with Crippen LogP contribution in [0.3, 0.4) is 0 Å². The molecule has 3 rings (SSSR count). The second-order valence-electron chi connectivity index (χ2n) is 4.94. The summed E-state index contributed by atoms with van der Waals surface area (Å²) in [4.78, 5) is 12.9. The summed E-state index contributed by atoms with van der Waals surface area (Å²) in [5, 5.41) is 4.61. The summed E-state index contributed by atoms with van der Waals surface area (Å²) in [5.41, 5.74) is 6.63. The van der Waals surface area contributed by atoms with Crippen molar-refractivity contribution >= 4 is 44.6 Å². The Bertz CT molecular complexity index is 692. The normalized spacial score (nSPS) is 18.4. The molecule has 104 valence electrons. The van der Waals surface area contributed by atoms with E-state index in [0.717, 1.165) is 29.3 Å². The van der Waals surface area contributed by atoms with Crippen molar-refractivity contribution in [1.82, 2.24) is 5.32 Å². The zero-order chi connectivity index (χ0) is 14.1. The third kappa shape index (κ3) is 2.53. The number of amides is 1. The molecule has 0 bridgehead atoms. The number of hydrogen-bond acceptors (Lipinski definition) is 3. The topological polar surface area (TPSA) is 55.1 Å². The Hall–Kier alpha value is -1.52. The number of fused-ring (bicyclic) bond motifs is 1. The number of halogens is 1. The quantitative estimate of drug-likeness (QED) is 0.825. The predicted molar refractivity (Wildman–Crippen MR) is 85.5 cm³/mol. The molecule has 0 fully saturated rings. The van der Waals surface area contributed by atoms with E-state index in [1.54, 1.807) is 6.07 Å². The number of rotatable bonds is 2.